The van der Waals surface area contributed by atoms with E-state index >= 15 is 0 Å². The largest absolute Gasteiger partial charge is 0.462 e. The number of esters is 2. The van der Waals surface area contributed by atoms with Crippen molar-refractivity contribution in [2.24, 2.45) is 0 Å². The highest BCUT2D eigenvalue weighted by atomic mass is 16.6. The van der Waals surface area contributed by atoms with E-state index in [0.717, 1.165) is 89.9 Å². The van der Waals surface area contributed by atoms with Crippen LogP contribution in [-0.2, 0) is 19.1 Å². The van der Waals surface area contributed by atoms with Crippen LogP contribution in [0.15, 0.2) is 85.1 Å². The van der Waals surface area contributed by atoms with Crippen molar-refractivity contribution in [2.75, 3.05) is 13.2 Å². The highest BCUT2D eigenvalue weighted by molar-refractivity contribution is 5.70. The van der Waals surface area contributed by atoms with Crippen LogP contribution in [0.4, 0.5) is 0 Å². The first-order chi connectivity index (χ1) is 30.1. The molecular weight excluding hydrogens is 753 g/mol. The molecule has 0 aromatic carbocycles. The minimum Gasteiger partial charge on any atom is -0.462 e. The van der Waals surface area contributed by atoms with E-state index in [9.17, 15) is 14.7 Å². The van der Waals surface area contributed by atoms with Gasteiger partial charge in [0.25, 0.3) is 0 Å². The summed E-state index contributed by atoms with van der Waals surface area (Å²) in [6, 6.07) is 0. The lowest BCUT2D eigenvalue weighted by atomic mass is 10.0. The molecular formula is C56H96O5. The van der Waals surface area contributed by atoms with Gasteiger partial charge in [-0.05, 0) is 70.6 Å². The van der Waals surface area contributed by atoms with Gasteiger partial charge in [-0.15, -0.1) is 0 Å². The Kier molecular flexibility index (Phi) is 49.0. The number of aliphatic hydroxyl groups excluding tert-OH is 1. The van der Waals surface area contributed by atoms with Gasteiger partial charge in [0, 0.05) is 12.8 Å². The van der Waals surface area contributed by atoms with Crippen molar-refractivity contribution < 1.29 is 24.2 Å². The number of rotatable bonds is 46. The highest BCUT2D eigenvalue weighted by Crippen LogP contribution is 2.16. The molecule has 1 N–H and O–H groups in total. The lowest BCUT2D eigenvalue weighted by molar-refractivity contribution is -0.161. The highest BCUT2D eigenvalue weighted by Gasteiger charge is 2.16. The number of carbonyl (C=O) groups excluding carboxylic acids is 2. The molecule has 0 aliphatic heterocycles. The second kappa shape index (κ2) is 51.4. The molecule has 1 unspecified atom stereocenters. The fourth-order valence-electron chi connectivity index (χ4n) is 7.12. The summed E-state index contributed by atoms with van der Waals surface area (Å²) in [5.41, 5.74) is 0. The van der Waals surface area contributed by atoms with Gasteiger partial charge in [0.1, 0.15) is 6.61 Å². The molecule has 0 aliphatic carbocycles. The maximum Gasteiger partial charge on any atom is 0.306 e. The van der Waals surface area contributed by atoms with Gasteiger partial charge in [0.05, 0.1) is 6.61 Å². The average molecular weight is 849 g/mol. The zero-order valence-corrected chi connectivity index (χ0v) is 39.9. The molecule has 0 saturated heterocycles. The zero-order chi connectivity index (χ0) is 44.2. The van der Waals surface area contributed by atoms with Crippen LogP contribution in [0.5, 0.6) is 0 Å². The van der Waals surface area contributed by atoms with Gasteiger partial charge in [0.15, 0.2) is 6.10 Å². The maximum atomic E-state index is 12.3. The molecule has 0 fully saturated rings. The van der Waals surface area contributed by atoms with Crippen molar-refractivity contribution in [3.8, 4) is 0 Å². The summed E-state index contributed by atoms with van der Waals surface area (Å²) in [4.78, 5) is 24.4. The first-order valence-corrected chi connectivity index (χ1v) is 25.6. The van der Waals surface area contributed by atoms with Gasteiger partial charge in [-0.25, -0.2) is 0 Å². The van der Waals surface area contributed by atoms with E-state index < -0.39 is 6.10 Å². The molecule has 0 amide bonds. The third-order valence-corrected chi connectivity index (χ3v) is 11.0. The number of hydrogen-bond acceptors (Lipinski definition) is 5. The van der Waals surface area contributed by atoms with Crippen molar-refractivity contribution >= 4 is 11.9 Å². The first kappa shape index (κ1) is 58.1. The lowest BCUT2D eigenvalue weighted by Crippen LogP contribution is -2.28. The minimum absolute atomic E-state index is 0.0814. The molecule has 0 spiro atoms. The number of carbonyl (C=O) groups is 2. The molecule has 0 rings (SSSR count). The Morgan fingerprint density at radius 2 is 0.705 bits per heavy atom. The molecule has 0 heterocycles. The Hall–Kier alpha value is -2.92. The van der Waals surface area contributed by atoms with E-state index in [1.54, 1.807) is 0 Å². The van der Waals surface area contributed by atoms with Crippen molar-refractivity contribution in [1.29, 1.82) is 0 Å². The Labute approximate surface area is 377 Å². The SMILES string of the molecule is CC/C=C\C/C=C\C/C=C\C/C=C\C/C=C\C/C=C\C/C=C\CCCCCC(=O)OC(CO)COC(=O)CCCCCCCCCCCCCCCCCCCCCCCC. The molecule has 1 atom stereocenters. The summed E-state index contributed by atoms with van der Waals surface area (Å²) in [5, 5.41) is 9.62. The van der Waals surface area contributed by atoms with Gasteiger partial charge >= 0.3 is 11.9 Å². The Bertz CT molecular complexity index is 1140. The summed E-state index contributed by atoms with van der Waals surface area (Å²) in [5.74, 6) is -0.626. The number of allylic oxidation sites excluding steroid dienone is 14. The van der Waals surface area contributed by atoms with Crippen LogP contribution in [0.1, 0.15) is 239 Å². The molecule has 0 aliphatic rings. The second-order valence-corrected chi connectivity index (χ2v) is 16.9. The van der Waals surface area contributed by atoms with E-state index in [1.807, 2.05) is 0 Å². The molecule has 0 saturated carbocycles. The number of aliphatic hydroxyl groups is 1. The van der Waals surface area contributed by atoms with Crippen LogP contribution in [0.3, 0.4) is 0 Å². The summed E-state index contributed by atoms with van der Waals surface area (Å²) < 4.78 is 10.7. The summed E-state index contributed by atoms with van der Waals surface area (Å²) in [6.07, 6.45) is 71.0. The predicted octanol–water partition coefficient (Wildman–Crippen LogP) is 17.0. The molecule has 5 nitrogen and oxygen atoms in total. The third kappa shape index (κ3) is 49.6. The summed E-state index contributed by atoms with van der Waals surface area (Å²) in [6.45, 7) is 4.02. The van der Waals surface area contributed by atoms with Crippen LogP contribution >= 0.6 is 0 Å². The van der Waals surface area contributed by atoms with Gasteiger partial charge in [-0.2, -0.15) is 0 Å². The smallest absolute Gasteiger partial charge is 0.306 e. The van der Waals surface area contributed by atoms with E-state index in [1.165, 1.54) is 122 Å². The number of hydrogen-bond donors (Lipinski definition) is 1. The molecule has 5 heteroatoms. The summed E-state index contributed by atoms with van der Waals surface area (Å²) >= 11 is 0. The van der Waals surface area contributed by atoms with Crippen LogP contribution in [0, 0.1) is 0 Å². The van der Waals surface area contributed by atoms with Gasteiger partial charge in [0.2, 0.25) is 0 Å². The normalized spacial score (nSPS) is 12.9. The van der Waals surface area contributed by atoms with Crippen LogP contribution < -0.4 is 0 Å². The summed E-state index contributed by atoms with van der Waals surface area (Å²) in [7, 11) is 0. The van der Waals surface area contributed by atoms with Crippen LogP contribution in [-0.4, -0.2) is 36.4 Å². The van der Waals surface area contributed by atoms with Crippen molar-refractivity contribution in [1.82, 2.24) is 0 Å². The van der Waals surface area contributed by atoms with Gasteiger partial charge in [-0.1, -0.05) is 240 Å². The average Bonchev–Trinajstić information content (AvgIpc) is 3.26. The standard InChI is InChI=1S/C56H96O5/c1-3-5-7-9-11-13-15-17-19-21-23-25-27-28-29-31-33-35-37-39-41-43-45-47-49-51-56(59)61-54(52-57)53-60-55(58)50-48-46-44-42-40-38-36-34-32-30-26-24-22-20-18-16-14-12-10-8-6-4-2/h5,7,11,13,17,19,23,25,28-29,33,35,39,41,54,57H,3-4,6,8-10,12,14-16,18,20-22,24,26-27,30-32,34,36-38,40,42-53H2,1-2H3/b7-5-,13-11-,19-17-,25-23-,29-28-,35-33-,41-39-. The Morgan fingerprint density at radius 1 is 0.393 bits per heavy atom. The molecule has 0 bridgehead atoms. The molecule has 0 aromatic heterocycles. The van der Waals surface area contributed by atoms with Crippen molar-refractivity contribution in [2.45, 2.75) is 245 Å². The van der Waals surface area contributed by atoms with Gasteiger partial charge in [-0.3, -0.25) is 9.59 Å². The minimum atomic E-state index is -0.794. The number of unbranched alkanes of at least 4 members (excludes halogenated alkanes) is 24. The fraction of sp³-hybridized carbons (Fsp3) is 0.714. The fourth-order valence-corrected chi connectivity index (χ4v) is 7.12. The van der Waals surface area contributed by atoms with Crippen molar-refractivity contribution in [3.05, 3.63) is 85.1 Å². The van der Waals surface area contributed by atoms with E-state index in [2.05, 4.69) is 98.9 Å². The lowest BCUT2D eigenvalue weighted by Gasteiger charge is -2.15. The predicted molar refractivity (Wildman–Crippen MR) is 265 cm³/mol. The van der Waals surface area contributed by atoms with E-state index in [4.69, 9.17) is 9.47 Å². The van der Waals surface area contributed by atoms with Crippen LogP contribution in [0.25, 0.3) is 0 Å². The molecule has 0 aromatic rings. The zero-order valence-electron chi connectivity index (χ0n) is 39.9. The molecule has 0 radical (unpaired) electrons. The van der Waals surface area contributed by atoms with E-state index in [-0.39, 0.29) is 25.2 Å². The Morgan fingerprint density at radius 3 is 1.07 bits per heavy atom. The molecule has 350 valence electrons. The monoisotopic (exact) mass is 849 g/mol. The molecule has 61 heavy (non-hydrogen) atoms. The quantitative estimate of drug-likeness (QED) is 0.0375. The van der Waals surface area contributed by atoms with Crippen molar-refractivity contribution in [3.63, 3.8) is 0 Å². The second-order valence-electron chi connectivity index (χ2n) is 16.9. The third-order valence-electron chi connectivity index (χ3n) is 11.0. The number of ether oxygens (including phenoxy) is 2. The topological polar surface area (TPSA) is 72.8 Å². The maximum absolute atomic E-state index is 12.3. The van der Waals surface area contributed by atoms with E-state index in [0.29, 0.717) is 12.8 Å². The Balaban J connectivity index is 3.59. The van der Waals surface area contributed by atoms with Gasteiger partial charge < -0.3 is 14.6 Å². The van der Waals surface area contributed by atoms with Crippen LogP contribution in [0.2, 0.25) is 0 Å². The first-order valence-electron chi connectivity index (χ1n) is 25.6.